The minimum atomic E-state index is -4.25. The van der Waals surface area contributed by atoms with E-state index in [0.29, 0.717) is 41.5 Å². The zero-order valence-corrected chi connectivity index (χ0v) is 40.1. The molecule has 1 fully saturated rings. The van der Waals surface area contributed by atoms with E-state index in [1.807, 2.05) is 30.3 Å². The predicted octanol–water partition coefficient (Wildman–Crippen LogP) is 10.9. The molecule has 5 rings (SSSR count). The van der Waals surface area contributed by atoms with Gasteiger partial charge >= 0.3 is 6.03 Å². The van der Waals surface area contributed by atoms with Crippen LogP contribution in [0.3, 0.4) is 0 Å². The second-order valence-corrected chi connectivity index (χ2v) is 20.0. The number of sulfonamides is 1. The second-order valence-electron chi connectivity index (χ2n) is 17.0. The summed E-state index contributed by atoms with van der Waals surface area (Å²) in [4.78, 5) is 48.9. The fourth-order valence-corrected chi connectivity index (χ4v) is 10.5. The number of amidine groups is 1. The molecule has 0 spiro atoms. The maximum Gasteiger partial charge on any atom is 0.326 e. The van der Waals surface area contributed by atoms with Crippen molar-refractivity contribution in [1.82, 2.24) is 14.5 Å². The lowest BCUT2D eigenvalue weighted by atomic mass is 10.0. The van der Waals surface area contributed by atoms with Gasteiger partial charge in [0.15, 0.2) is 11.9 Å². The van der Waals surface area contributed by atoms with Gasteiger partial charge in [-0.25, -0.2) is 23.1 Å². The fourth-order valence-electron chi connectivity index (χ4n) is 7.95. The monoisotopic (exact) mass is 919 g/mol. The van der Waals surface area contributed by atoms with Crippen LogP contribution in [0.4, 0.5) is 16.2 Å². The predicted molar refractivity (Wildman–Crippen MR) is 256 cm³/mol. The summed E-state index contributed by atoms with van der Waals surface area (Å²) in [6, 6.07) is 16.4. The summed E-state index contributed by atoms with van der Waals surface area (Å²) in [7, 11) is -1.13. The number of fused-ring (bicyclic) bond motifs is 1. The summed E-state index contributed by atoms with van der Waals surface area (Å²) >= 11 is 1.48. The molecule has 3 aromatic rings. The lowest BCUT2D eigenvalue weighted by Gasteiger charge is -2.36. The first kappa shape index (κ1) is 50.2. The topological polar surface area (TPSA) is 156 Å². The number of para-hydroxylation sites is 1. The quantitative estimate of drug-likeness (QED) is 0.0393. The Kier molecular flexibility index (Phi) is 19.7. The van der Waals surface area contributed by atoms with E-state index in [4.69, 9.17) is 19.2 Å². The molecule has 64 heavy (non-hydrogen) atoms. The smallest absolute Gasteiger partial charge is 0.326 e. The molecule has 0 aromatic heterocycles. The van der Waals surface area contributed by atoms with Crippen LogP contribution in [0.25, 0.3) is 0 Å². The van der Waals surface area contributed by atoms with Gasteiger partial charge in [-0.2, -0.15) is 0 Å². The Balaban J connectivity index is 1.28. The zero-order chi connectivity index (χ0) is 46.0. The number of imide groups is 1. The Bertz CT molecular complexity index is 2130. The first-order valence-electron chi connectivity index (χ1n) is 23.2. The number of unbranched alkanes of at least 4 members (excludes halogenated alkanes) is 15. The minimum absolute atomic E-state index is 0.00520. The van der Waals surface area contributed by atoms with Gasteiger partial charge in [0.1, 0.15) is 27.7 Å². The molecule has 0 bridgehead atoms. The average Bonchev–Trinajstić information content (AvgIpc) is 3.48. The van der Waals surface area contributed by atoms with Crippen LogP contribution in [0, 0.1) is 0 Å². The summed E-state index contributed by atoms with van der Waals surface area (Å²) < 4.78 is 46.8. The number of benzene rings is 3. The highest BCUT2D eigenvalue weighted by molar-refractivity contribution is 7.99. The highest BCUT2D eigenvalue weighted by atomic mass is 32.2. The van der Waals surface area contributed by atoms with Crippen LogP contribution >= 0.6 is 11.8 Å². The van der Waals surface area contributed by atoms with Gasteiger partial charge in [-0.05, 0) is 75.2 Å². The third-order valence-electron chi connectivity index (χ3n) is 11.6. The number of amides is 4. The maximum absolute atomic E-state index is 14.9. The van der Waals surface area contributed by atoms with Crippen molar-refractivity contribution in [3.05, 3.63) is 66.7 Å². The van der Waals surface area contributed by atoms with Crippen molar-refractivity contribution < 1.29 is 37.0 Å². The Hall–Kier alpha value is -4.76. The number of methoxy groups -OCH3 is 2. The molecule has 1 atom stereocenters. The molecule has 1 unspecified atom stereocenters. The maximum atomic E-state index is 14.9. The van der Waals surface area contributed by atoms with E-state index in [2.05, 4.69) is 17.6 Å². The molecule has 0 radical (unpaired) electrons. The second kappa shape index (κ2) is 25.1. The van der Waals surface area contributed by atoms with E-state index in [0.717, 1.165) is 46.4 Å². The van der Waals surface area contributed by atoms with Gasteiger partial charge in [-0.15, -0.1) is 11.8 Å². The van der Waals surface area contributed by atoms with Gasteiger partial charge in [-0.3, -0.25) is 13.9 Å². The summed E-state index contributed by atoms with van der Waals surface area (Å²) in [6.45, 7) is 5.80. The number of aliphatic imine (C=N–C) groups is 1. The van der Waals surface area contributed by atoms with E-state index in [9.17, 15) is 22.8 Å². The van der Waals surface area contributed by atoms with E-state index in [1.54, 1.807) is 51.3 Å². The van der Waals surface area contributed by atoms with Gasteiger partial charge < -0.3 is 24.8 Å². The minimum Gasteiger partial charge on any atom is -0.497 e. The average molecular weight is 920 g/mol. The molecule has 13 nitrogen and oxygen atoms in total. The standard InChI is InChI=1S/C49H69N5O8S2/c1-6-7-8-9-10-11-12-13-14-15-16-17-18-19-20-23-33-53-45(50-40-25-21-22-26-43(40)64(53,58)59)44(54-47(56)49(2,3)52-48(54)57)46(55)51-41-36-39(61-5)31-32-42(41)63-35-24-34-62-38-29-27-37(60-4)28-30-38/h21-22,25-32,36,44H,6-20,23-24,33-35H2,1-5H3,(H,51,55)(H,52,57). The normalized spacial score (nSPS) is 15.6. The molecule has 2 heterocycles. The van der Waals surface area contributed by atoms with Crippen molar-refractivity contribution in [1.29, 1.82) is 0 Å². The first-order chi connectivity index (χ1) is 30.9. The number of carbonyl (C=O) groups is 3. The van der Waals surface area contributed by atoms with Gasteiger partial charge in [0.25, 0.3) is 21.8 Å². The number of hydrogen-bond acceptors (Lipinski definition) is 10. The van der Waals surface area contributed by atoms with E-state index >= 15 is 0 Å². The van der Waals surface area contributed by atoms with Gasteiger partial charge in [0.2, 0.25) is 0 Å². The number of carbonyl (C=O) groups excluding carboxylic acids is 3. The van der Waals surface area contributed by atoms with E-state index in [-0.39, 0.29) is 23.0 Å². The summed E-state index contributed by atoms with van der Waals surface area (Å²) in [5.41, 5.74) is -0.865. The van der Waals surface area contributed by atoms with Crippen molar-refractivity contribution >= 4 is 56.8 Å². The van der Waals surface area contributed by atoms with Gasteiger partial charge in [-0.1, -0.05) is 115 Å². The highest BCUT2D eigenvalue weighted by Crippen LogP contribution is 2.37. The van der Waals surface area contributed by atoms with Crippen molar-refractivity contribution in [2.75, 3.05) is 38.4 Å². The van der Waals surface area contributed by atoms with E-state index in [1.165, 1.54) is 95.6 Å². The Morgan fingerprint density at radius 3 is 1.91 bits per heavy atom. The molecule has 1 saturated heterocycles. The lowest BCUT2D eigenvalue weighted by Crippen LogP contribution is -2.59. The largest absolute Gasteiger partial charge is 0.497 e. The number of ether oxygens (including phenoxy) is 3. The van der Waals surface area contributed by atoms with Crippen LogP contribution < -0.4 is 24.8 Å². The number of urea groups is 1. The molecular formula is C49H69N5O8S2. The SMILES string of the molecule is CCCCCCCCCCCCCCCCCCN1C(C(C(=O)Nc2cc(OC)ccc2SCCCOc2ccc(OC)cc2)N2C(=O)NC(C)(C)C2=O)=Nc2ccccc2S1(=O)=O. The molecule has 3 aromatic carbocycles. The van der Waals surface area contributed by atoms with Crippen molar-refractivity contribution in [3.63, 3.8) is 0 Å². The van der Waals surface area contributed by atoms with Crippen molar-refractivity contribution in [2.24, 2.45) is 4.99 Å². The van der Waals surface area contributed by atoms with E-state index < -0.39 is 39.4 Å². The van der Waals surface area contributed by atoms with Crippen LogP contribution in [0.5, 0.6) is 17.2 Å². The Morgan fingerprint density at radius 2 is 1.33 bits per heavy atom. The summed E-state index contributed by atoms with van der Waals surface area (Å²) in [6.07, 6.45) is 19.4. The third kappa shape index (κ3) is 13.9. The zero-order valence-electron chi connectivity index (χ0n) is 38.5. The third-order valence-corrected chi connectivity index (χ3v) is 14.6. The molecule has 0 aliphatic carbocycles. The number of thioether (sulfide) groups is 1. The molecule has 2 N–H and O–H groups in total. The molecule has 2 aliphatic rings. The summed E-state index contributed by atoms with van der Waals surface area (Å²) in [5.74, 6) is 0.850. The number of anilines is 1. The Labute approximate surface area is 385 Å². The van der Waals surface area contributed by atoms with Gasteiger partial charge in [0, 0.05) is 23.3 Å². The number of hydrogen-bond donors (Lipinski definition) is 2. The van der Waals surface area contributed by atoms with Crippen LogP contribution in [0.15, 0.2) is 81.5 Å². The number of nitrogens with zero attached hydrogens (tertiary/aromatic N) is 3. The number of nitrogens with one attached hydrogen (secondary N) is 2. The van der Waals surface area contributed by atoms with Crippen molar-refractivity contribution in [3.8, 4) is 17.2 Å². The molecular weight excluding hydrogens is 851 g/mol. The Morgan fingerprint density at radius 1 is 0.766 bits per heavy atom. The van der Waals surface area contributed by atoms with Crippen LogP contribution in [0.1, 0.15) is 130 Å². The molecule has 350 valence electrons. The molecule has 4 amide bonds. The van der Waals surface area contributed by atoms with Crippen LogP contribution in [-0.4, -0.2) is 86.0 Å². The fraction of sp³-hybridized carbons (Fsp3) is 0.551. The van der Waals surface area contributed by atoms with Crippen molar-refractivity contribution in [2.45, 2.75) is 151 Å². The highest BCUT2D eigenvalue weighted by Gasteiger charge is 2.53. The molecule has 15 heteroatoms. The van der Waals surface area contributed by atoms with Crippen LogP contribution in [-0.2, 0) is 19.6 Å². The molecule has 0 saturated carbocycles. The molecule has 2 aliphatic heterocycles. The lowest BCUT2D eigenvalue weighted by molar-refractivity contribution is -0.134. The van der Waals surface area contributed by atoms with Crippen LogP contribution in [0.2, 0.25) is 0 Å². The first-order valence-corrected chi connectivity index (χ1v) is 25.6. The number of rotatable bonds is 29. The van der Waals surface area contributed by atoms with Gasteiger partial charge in [0.05, 0.1) is 32.2 Å². The summed E-state index contributed by atoms with van der Waals surface area (Å²) in [5, 5.41) is 5.61.